The molecule has 0 saturated heterocycles. The first-order valence-electron chi connectivity index (χ1n) is 14.9. The van der Waals surface area contributed by atoms with Crippen LogP contribution in [-0.2, 0) is 33.9 Å². The van der Waals surface area contributed by atoms with Gasteiger partial charge in [0.2, 0.25) is 21.8 Å². The maximum Gasteiger partial charge on any atom is 0.411 e. The number of esters is 1. The SMILES string of the molecule is COC(=O)c1cccc(NC(=O)OC2CC3C(=O)NC4(C(=O)NS(=O)(=O)C5CC5)CC4/C=C\CCCCN(C)C(=O)C3C2)c1. The van der Waals surface area contributed by atoms with Gasteiger partial charge in [-0.3, -0.25) is 24.4 Å². The van der Waals surface area contributed by atoms with Crippen LogP contribution in [0.5, 0.6) is 0 Å². The first-order chi connectivity index (χ1) is 20.9. The number of hydrogen-bond donors (Lipinski definition) is 3. The third kappa shape index (κ3) is 6.90. The summed E-state index contributed by atoms with van der Waals surface area (Å²) in [5.74, 6) is -4.30. The van der Waals surface area contributed by atoms with Crippen LogP contribution in [0.3, 0.4) is 0 Å². The van der Waals surface area contributed by atoms with Gasteiger partial charge in [0.15, 0.2) is 0 Å². The molecule has 4 amide bonds. The Hall–Kier alpha value is -3.94. The standard InChI is InChI=1S/C30H38N4O9S/c1-34-13-6-4-3-5-9-19-17-30(19,28(38)33-44(40,41)22-11-12-22)32-25(35)23-15-21(16-24(23)26(34)36)43-29(39)31-20-10-7-8-18(14-20)27(37)42-2/h5,7-10,14,19,21-24H,3-4,6,11-13,15-17H2,1-2H3,(H,31,39)(H,32,35)(H,33,38)/b9-5-. The van der Waals surface area contributed by atoms with Crippen LogP contribution < -0.4 is 15.4 Å². The first kappa shape index (κ1) is 31.5. The number of hydrogen-bond acceptors (Lipinski definition) is 9. The minimum absolute atomic E-state index is 0.0320. The van der Waals surface area contributed by atoms with Crippen LogP contribution >= 0.6 is 0 Å². The zero-order valence-electron chi connectivity index (χ0n) is 24.7. The van der Waals surface area contributed by atoms with E-state index in [4.69, 9.17) is 9.47 Å². The Morgan fingerprint density at radius 2 is 1.84 bits per heavy atom. The van der Waals surface area contributed by atoms with E-state index < -0.39 is 62.6 Å². The second-order valence-corrected chi connectivity index (χ2v) is 14.0. The number of carbonyl (C=O) groups is 5. The van der Waals surface area contributed by atoms with Gasteiger partial charge in [-0.05, 0) is 69.6 Å². The number of nitrogens with one attached hydrogen (secondary N) is 3. The molecule has 1 aromatic rings. The average molecular weight is 631 g/mol. The predicted molar refractivity (Wildman–Crippen MR) is 158 cm³/mol. The van der Waals surface area contributed by atoms with Crippen molar-refractivity contribution in [1.82, 2.24) is 14.9 Å². The highest BCUT2D eigenvalue weighted by Crippen LogP contribution is 2.47. The molecule has 0 radical (unpaired) electrons. The van der Waals surface area contributed by atoms with Crippen LogP contribution in [0.15, 0.2) is 36.4 Å². The molecule has 1 heterocycles. The molecule has 1 aliphatic heterocycles. The second kappa shape index (κ2) is 12.6. The molecule has 14 heteroatoms. The Kier molecular flexibility index (Phi) is 9.00. The summed E-state index contributed by atoms with van der Waals surface area (Å²) in [6.07, 6.45) is 5.74. The fourth-order valence-corrected chi connectivity index (χ4v) is 7.40. The van der Waals surface area contributed by atoms with E-state index >= 15 is 0 Å². The molecule has 3 saturated carbocycles. The molecule has 3 fully saturated rings. The zero-order chi connectivity index (χ0) is 31.6. The molecule has 0 spiro atoms. The van der Waals surface area contributed by atoms with Crippen molar-refractivity contribution in [2.75, 3.05) is 26.0 Å². The number of anilines is 1. The van der Waals surface area contributed by atoms with Crippen LogP contribution in [0.25, 0.3) is 0 Å². The summed E-state index contributed by atoms with van der Waals surface area (Å²) in [7, 11) is -0.926. The Balaban J connectivity index is 1.33. The van der Waals surface area contributed by atoms with Crippen molar-refractivity contribution in [3.8, 4) is 0 Å². The largest absolute Gasteiger partial charge is 0.465 e. The van der Waals surface area contributed by atoms with Gasteiger partial charge in [-0.15, -0.1) is 0 Å². The minimum Gasteiger partial charge on any atom is -0.465 e. The van der Waals surface area contributed by atoms with Crippen molar-refractivity contribution in [2.24, 2.45) is 17.8 Å². The van der Waals surface area contributed by atoms with E-state index in [1.807, 2.05) is 12.2 Å². The molecule has 0 bridgehead atoms. The van der Waals surface area contributed by atoms with Crippen molar-refractivity contribution in [1.29, 1.82) is 0 Å². The molecule has 4 aliphatic rings. The summed E-state index contributed by atoms with van der Waals surface area (Å²) in [6.45, 7) is 0.495. The van der Waals surface area contributed by atoms with Crippen molar-refractivity contribution in [2.45, 2.75) is 68.3 Å². The predicted octanol–water partition coefficient (Wildman–Crippen LogP) is 2.10. The average Bonchev–Trinajstić information content (AvgIpc) is 3.91. The molecular formula is C30H38N4O9S. The fraction of sp³-hybridized carbons (Fsp3) is 0.567. The number of nitrogens with zero attached hydrogens (tertiary/aromatic N) is 1. The quantitative estimate of drug-likeness (QED) is 0.314. The van der Waals surface area contributed by atoms with Gasteiger partial charge in [-0.2, -0.15) is 0 Å². The number of fused-ring (bicyclic) bond motifs is 2. The molecule has 238 valence electrons. The molecule has 13 nitrogen and oxygen atoms in total. The topological polar surface area (TPSA) is 177 Å². The number of sulfonamides is 1. The van der Waals surface area contributed by atoms with Crippen molar-refractivity contribution in [3.05, 3.63) is 42.0 Å². The van der Waals surface area contributed by atoms with E-state index in [0.29, 0.717) is 31.5 Å². The summed E-state index contributed by atoms with van der Waals surface area (Å²) in [5, 5.41) is 4.77. The number of ether oxygens (including phenoxy) is 2. The highest BCUT2D eigenvalue weighted by molar-refractivity contribution is 7.91. The molecule has 44 heavy (non-hydrogen) atoms. The third-order valence-electron chi connectivity index (χ3n) is 8.80. The summed E-state index contributed by atoms with van der Waals surface area (Å²) in [5.41, 5.74) is -0.915. The number of rotatable bonds is 6. The van der Waals surface area contributed by atoms with E-state index in [2.05, 4.69) is 15.4 Å². The lowest BCUT2D eigenvalue weighted by atomic mass is 9.93. The van der Waals surface area contributed by atoms with Crippen molar-refractivity contribution >= 4 is 45.5 Å². The molecule has 1 aromatic carbocycles. The Bertz CT molecular complexity index is 1470. The van der Waals surface area contributed by atoms with Crippen LogP contribution in [0, 0.1) is 17.8 Å². The monoisotopic (exact) mass is 630 g/mol. The Labute approximate surface area is 256 Å². The van der Waals surface area contributed by atoms with Gasteiger partial charge in [0.05, 0.1) is 29.8 Å². The number of allylic oxidation sites excluding steroid dienone is 1. The summed E-state index contributed by atoms with van der Waals surface area (Å²) in [4.78, 5) is 66.9. The molecule has 5 unspecified atom stereocenters. The lowest BCUT2D eigenvalue weighted by molar-refractivity contribution is -0.140. The summed E-state index contributed by atoms with van der Waals surface area (Å²) in [6, 6.07) is 6.10. The lowest BCUT2D eigenvalue weighted by Gasteiger charge is -2.26. The lowest BCUT2D eigenvalue weighted by Crippen LogP contribution is -2.54. The zero-order valence-corrected chi connectivity index (χ0v) is 25.6. The maximum atomic E-state index is 13.8. The van der Waals surface area contributed by atoms with E-state index in [-0.39, 0.29) is 36.7 Å². The normalized spacial score (nSPS) is 29.6. The maximum absolute atomic E-state index is 13.8. The van der Waals surface area contributed by atoms with Crippen LogP contribution in [0.4, 0.5) is 10.5 Å². The van der Waals surface area contributed by atoms with Crippen molar-refractivity contribution in [3.63, 3.8) is 0 Å². The molecule has 0 aromatic heterocycles. The Morgan fingerprint density at radius 3 is 2.57 bits per heavy atom. The van der Waals surface area contributed by atoms with Crippen molar-refractivity contribution < 1.29 is 41.9 Å². The minimum atomic E-state index is -3.84. The van der Waals surface area contributed by atoms with Crippen LogP contribution in [0.1, 0.15) is 61.7 Å². The fourth-order valence-electron chi connectivity index (χ4n) is 6.03. The number of benzene rings is 1. The summed E-state index contributed by atoms with van der Waals surface area (Å²) < 4.78 is 37.6. The molecule has 5 atom stereocenters. The molecule has 5 rings (SSSR count). The van der Waals surface area contributed by atoms with Gasteiger partial charge in [0.1, 0.15) is 11.6 Å². The van der Waals surface area contributed by atoms with E-state index in [9.17, 15) is 32.4 Å². The molecule has 3 N–H and O–H groups in total. The van der Waals surface area contributed by atoms with Crippen LogP contribution in [0.2, 0.25) is 0 Å². The summed E-state index contributed by atoms with van der Waals surface area (Å²) >= 11 is 0. The highest BCUT2D eigenvalue weighted by Gasteiger charge is 2.62. The van der Waals surface area contributed by atoms with Gasteiger partial charge in [-0.25, -0.2) is 18.0 Å². The third-order valence-corrected chi connectivity index (χ3v) is 10.6. The first-order valence-corrected chi connectivity index (χ1v) is 16.4. The number of methoxy groups -OCH3 is 1. The van der Waals surface area contributed by atoms with E-state index in [0.717, 1.165) is 12.8 Å². The van der Waals surface area contributed by atoms with Gasteiger partial charge in [0.25, 0.3) is 5.91 Å². The molecular weight excluding hydrogens is 592 g/mol. The van der Waals surface area contributed by atoms with E-state index in [1.54, 1.807) is 24.1 Å². The van der Waals surface area contributed by atoms with Gasteiger partial charge in [0, 0.05) is 25.2 Å². The van der Waals surface area contributed by atoms with Gasteiger partial charge < -0.3 is 19.7 Å². The van der Waals surface area contributed by atoms with Gasteiger partial charge >= 0.3 is 12.1 Å². The van der Waals surface area contributed by atoms with Gasteiger partial charge in [-0.1, -0.05) is 18.2 Å². The van der Waals surface area contributed by atoms with E-state index in [1.165, 1.54) is 19.2 Å². The second-order valence-electron chi connectivity index (χ2n) is 12.0. The molecule has 3 aliphatic carbocycles. The van der Waals surface area contributed by atoms with Crippen LogP contribution in [-0.4, -0.2) is 80.7 Å². The smallest absolute Gasteiger partial charge is 0.411 e. The highest BCUT2D eigenvalue weighted by atomic mass is 32.2. The number of carbonyl (C=O) groups excluding carboxylic acids is 5. The number of amides is 4. The Morgan fingerprint density at radius 1 is 1.09 bits per heavy atom.